The predicted octanol–water partition coefficient (Wildman–Crippen LogP) is 0.620. The van der Waals surface area contributed by atoms with Crippen molar-refractivity contribution in [1.29, 1.82) is 0 Å². The van der Waals surface area contributed by atoms with Gasteiger partial charge in [0.2, 0.25) is 5.91 Å². The number of anilines is 2. The van der Waals surface area contributed by atoms with Crippen LogP contribution in [0.1, 0.15) is 31.2 Å². The number of nitrogens with zero attached hydrogens (tertiary/aromatic N) is 2. The first-order chi connectivity index (χ1) is 8.60. The fraction of sp³-hybridized carbons (Fsp3) is 0.583. The highest BCUT2D eigenvalue weighted by molar-refractivity contribution is 5.77. The normalized spacial score (nSPS) is 19.4. The molecule has 18 heavy (non-hydrogen) atoms. The van der Waals surface area contributed by atoms with Crippen molar-refractivity contribution >= 4 is 17.5 Å². The van der Waals surface area contributed by atoms with Crippen molar-refractivity contribution in [3.8, 4) is 0 Å². The Bertz CT molecular complexity index is 450. The maximum absolute atomic E-state index is 11.1. The monoisotopic (exact) mass is 249 g/mol. The SMILES string of the molecule is CCc1nc(N)c(C)c(NC2CCC(=O)NC2)n1. The molecule has 1 fully saturated rings. The van der Waals surface area contributed by atoms with Gasteiger partial charge in [0, 0.05) is 31.0 Å². The van der Waals surface area contributed by atoms with Gasteiger partial charge in [0.15, 0.2) is 0 Å². The van der Waals surface area contributed by atoms with Gasteiger partial charge in [-0.2, -0.15) is 0 Å². The van der Waals surface area contributed by atoms with Crippen molar-refractivity contribution in [2.45, 2.75) is 39.2 Å². The molecule has 0 aliphatic carbocycles. The number of nitrogen functional groups attached to an aromatic ring is 1. The van der Waals surface area contributed by atoms with Crippen LogP contribution in [0.5, 0.6) is 0 Å². The summed E-state index contributed by atoms with van der Waals surface area (Å²) in [4.78, 5) is 19.8. The molecule has 1 atom stereocenters. The zero-order valence-electron chi connectivity index (χ0n) is 10.8. The summed E-state index contributed by atoms with van der Waals surface area (Å²) in [6.45, 7) is 4.52. The summed E-state index contributed by atoms with van der Waals surface area (Å²) in [5, 5.41) is 6.18. The lowest BCUT2D eigenvalue weighted by Gasteiger charge is -2.25. The number of rotatable bonds is 3. The van der Waals surface area contributed by atoms with E-state index in [-0.39, 0.29) is 11.9 Å². The summed E-state index contributed by atoms with van der Waals surface area (Å²) in [6.07, 6.45) is 2.12. The minimum absolute atomic E-state index is 0.112. The fourth-order valence-electron chi connectivity index (χ4n) is 1.93. The van der Waals surface area contributed by atoms with E-state index in [1.165, 1.54) is 0 Å². The molecule has 6 heteroatoms. The topological polar surface area (TPSA) is 92.9 Å². The highest BCUT2D eigenvalue weighted by Crippen LogP contribution is 2.19. The van der Waals surface area contributed by atoms with E-state index in [1.807, 2.05) is 13.8 Å². The number of carbonyl (C=O) groups excluding carboxylic acids is 1. The maximum Gasteiger partial charge on any atom is 0.220 e. The highest BCUT2D eigenvalue weighted by atomic mass is 16.1. The fourth-order valence-corrected chi connectivity index (χ4v) is 1.93. The lowest BCUT2D eigenvalue weighted by molar-refractivity contribution is -0.122. The Kier molecular flexibility index (Phi) is 3.64. The standard InChI is InChI=1S/C12H19N5O/c1-3-9-16-11(13)7(2)12(17-9)15-8-4-5-10(18)14-6-8/h8H,3-6H2,1-2H3,(H,14,18)(H3,13,15,16,17). The number of hydrogen-bond donors (Lipinski definition) is 3. The zero-order valence-corrected chi connectivity index (χ0v) is 10.8. The van der Waals surface area contributed by atoms with Gasteiger partial charge in [-0.15, -0.1) is 0 Å². The number of nitrogens with one attached hydrogen (secondary N) is 2. The number of aromatic nitrogens is 2. The van der Waals surface area contributed by atoms with E-state index in [4.69, 9.17) is 5.73 Å². The van der Waals surface area contributed by atoms with Crippen LogP contribution < -0.4 is 16.4 Å². The second kappa shape index (κ2) is 5.20. The Labute approximate surface area is 106 Å². The van der Waals surface area contributed by atoms with Crippen LogP contribution >= 0.6 is 0 Å². The van der Waals surface area contributed by atoms with Crippen LogP contribution in [0.25, 0.3) is 0 Å². The lowest BCUT2D eigenvalue weighted by Crippen LogP contribution is -2.42. The summed E-state index contributed by atoms with van der Waals surface area (Å²) in [7, 11) is 0. The Morgan fingerprint density at radius 2 is 2.28 bits per heavy atom. The third kappa shape index (κ3) is 2.69. The van der Waals surface area contributed by atoms with Crippen LogP contribution in [0.15, 0.2) is 0 Å². The Hall–Kier alpha value is -1.85. The molecule has 1 amide bonds. The number of carbonyl (C=O) groups is 1. The molecule has 1 aliphatic heterocycles. The average molecular weight is 249 g/mol. The van der Waals surface area contributed by atoms with Crippen LogP contribution in [0, 0.1) is 6.92 Å². The Morgan fingerprint density at radius 3 is 2.89 bits per heavy atom. The third-order valence-electron chi connectivity index (χ3n) is 3.15. The van der Waals surface area contributed by atoms with Crippen LogP contribution in [0.2, 0.25) is 0 Å². The van der Waals surface area contributed by atoms with Crippen LogP contribution in [0.3, 0.4) is 0 Å². The number of piperidine rings is 1. The molecule has 4 N–H and O–H groups in total. The molecule has 1 aromatic heterocycles. The van der Waals surface area contributed by atoms with Gasteiger partial charge in [0.1, 0.15) is 17.5 Å². The van der Waals surface area contributed by atoms with Gasteiger partial charge in [-0.25, -0.2) is 9.97 Å². The van der Waals surface area contributed by atoms with E-state index in [0.717, 1.165) is 30.0 Å². The average Bonchev–Trinajstić information content (AvgIpc) is 2.37. The molecule has 98 valence electrons. The third-order valence-corrected chi connectivity index (χ3v) is 3.15. The molecule has 0 saturated carbocycles. The van der Waals surface area contributed by atoms with Gasteiger partial charge >= 0.3 is 0 Å². The van der Waals surface area contributed by atoms with E-state index in [0.29, 0.717) is 18.8 Å². The van der Waals surface area contributed by atoms with Crippen molar-refractivity contribution in [3.63, 3.8) is 0 Å². The molecule has 1 aliphatic rings. The number of nitrogens with two attached hydrogens (primary N) is 1. The molecule has 1 aromatic rings. The molecular weight excluding hydrogens is 230 g/mol. The van der Waals surface area contributed by atoms with E-state index in [1.54, 1.807) is 0 Å². The molecular formula is C12H19N5O. The van der Waals surface area contributed by atoms with Crippen LogP contribution in [-0.2, 0) is 11.2 Å². The first kappa shape index (κ1) is 12.6. The predicted molar refractivity (Wildman–Crippen MR) is 70.2 cm³/mol. The number of aryl methyl sites for hydroxylation is 1. The highest BCUT2D eigenvalue weighted by Gasteiger charge is 2.19. The minimum Gasteiger partial charge on any atom is -0.383 e. The molecule has 0 radical (unpaired) electrons. The Balaban J connectivity index is 2.13. The van der Waals surface area contributed by atoms with Gasteiger partial charge in [0.25, 0.3) is 0 Å². The summed E-state index contributed by atoms with van der Waals surface area (Å²) >= 11 is 0. The van der Waals surface area contributed by atoms with E-state index >= 15 is 0 Å². The zero-order chi connectivity index (χ0) is 13.1. The van der Waals surface area contributed by atoms with Gasteiger partial charge in [-0.05, 0) is 13.3 Å². The second-order valence-electron chi connectivity index (χ2n) is 4.54. The molecule has 0 bridgehead atoms. The minimum atomic E-state index is 0.112. The van der Waals surface area contributed by atoms with Crippen molar-refractivity contribution in [2.75, 3.05) is 17.6 Å². The van der Waals surface area contributed by atoms with Crippen LogP contribution in [-0.4, -0.2) is 28.5 Å². The molecule has 2 heterocycles. The van der Waals surface area contributed by atoms with Crippen molar-refractivity contribution in [2.24, 2.45) is 0 Å². The summed E-state index contributed by atoms with van der Waals surface area (Å²) < 4.78 is 0. The molecule has 0 aromatic carbocycles. The van der Waals surface area contributed by atoms with Crippen molar-refractivity contribution in [1.82, 2.24) is 15.3 Å². The van der Waals surface area contributed by atoms with Gasteiger partial charge < -0.3 is 16.4 Å². The quantitative estimate of drug-likeness (QED) is 0.730. The summed E-state index contributed by atoms with van der Waals surface area (Å²) in [5.74, 6) is 2.14. The van der Waals surface area contributed by atoms with Crippen molar-refractivity contribution < 1.29 is 4.79 Å². The first-order valence-electron chi connectivity index (χ1n) is 6.26. The number of amides is 1. The molecule has 1 unspecified atom stereocenters. The van der Waals surface area contributed by atoms with E-state index in [2.05, 4.69) is 20.6 Å². The molecule has 0 spiro atoms. The maximum atomic E-state index is 11.1. The number of hydrogen-bond acceptors (Lipinski definition) is 5. The molecule has 6 nitrogen and oxygen atoms in total. The van der Waals surface area contributed by atoms with E-state index in [9.17, 15) is 4.79 Å². The van der Waals surface area contributed by atoms with Gasteiger partial charge in [-0.1, -0.05) is 6.92 Å². The largest absolute Gasteiger partial charge is 0.383 e. The van der Waals surface area contributed by atoms with Crippen molar-refractivity contribution in [3.05, 3.63) is 11.4 Å². The van der Waals surface area contributed by atoms with Gasteiger partial charge in [0.05, 0.1) is 0 Å². The summed E-state index contributed by atoms with van der Waals surface area (Å²) in [6, 6.07) is 0.209. The second-order valence-corrected chi connectivity index (χ2v) is 4.54. The van der Waals surface area contributed by atoms with Crippen LogP contribution in [0.4, 0.5) is 11.6 Å². The molecule has 1 saturated heterocycles. The summed E-state index contributed by atoms with van der Waals surface area (Å²) in [5.41, 5.74) is 6.73. The Morgan fingerprint density at radius 1 is 1.50 bits per heavy atom. The van der Waals surface area contributed by atoms with E-state index < -0.39 is 0 Å². The van der Waals surface area contributed by atoms with Gasteiger partial charge in [-0.3, -0.25) is 4.79 Å². The molecule has 2 rings (SSSR count). The first-order valence-corrected chi connectivity index (χ1v) is 6.26. The lowest BCUT2D eigenvalue weighted by atomic mass is 10.1. The smallest absolute Gasteiger partial charge is 0.220 e.